The van der Waals surface area contributed by atoms with E-state index in [4.69, 9.17) is 16.3 Å². The minimum atomic E-state index is 0.241. The molecule has 0 radical (unpaired) electrons. The van der Waals surface area contributed by atoms with Crippen LogP contribution in [0.1, 0.15) is 19.8 Å². The van der Waals surface area contributed by atoms with E-state index in [1.54, 1.807) is 6.20 Å². The van der Waals surface area contributed by atoms with Crippen molar-refractivity contribution in [3.63, 3.8) is 0 Å². The summed E-state index contributed by atoms with van der Waals surface area (Å²) >= 11 is 5.97. The second kappa shape index (κ2) is 5.30. The summed E-state index contributed by atoms with van der Waals surface area (Å²) in [5, 5.41) is 7.99. The molecule has 0 spiro atoms. The molecule has 0 bridgehead atoms. The van der Waals surface area contributed by atoms with Crippen molar-refractivity contribution >= 4 is 28.5 Å². The Bertz CT molecular complexity index is 570. The number of hydrogen-bond donors (Lipinski definition) is 1. The molecule has 19 heavy (non-hydrogen) atoms. The zero-order valence-electron chi connectivity index (χ0n) is 10.8. The fourth-order valence-corrected chi connectivity index (χ4v) is 2.70. The predicted molar refractivity (Wildman–Crippen MR) is 73.6 cm³/mol. The number of halogens is 1. The van der Waals surface area contributed by atoms with Crippen LogP contribution >= 0.6 is 11.6 Å². The molecule has 2 aromatic rings. The Morgan fingerprint density at radius 1 is 1.53 bits per heavy atom. The fraction of sp³-hybridized carbons (Fsp3) is 0.583. The van der Waals surface area contributed by atoms with Crippen LogP contribution in [0.15, 0.2) is 6.20 Å². The Kier molecular flexibility index (Phi) is 3.52. The van der Waals surface area contributed by atoms with Crippen LogP contribution in [-0.2, 0) is 4.74 Å². The zero-order chi connectivity index (χ0) is 13.2. The number of fused-ring (bicyclic) bond motifs is 1. The summed E-state index contributed by atoms with van der Waals surface area (Å²) < 4.78 is 5.72. The number of nitrogens with zero attached hydrogens (tertiary/aromatic N) is 4. The summed E-state index contributed by atoms with van der Waals surface area (Å²) in [6, 6.07) is 0. The highest BCUT2D eigenvalue weighted by atomic mass is 35.5. The van der Waals surface area contributed by atoms with Crippen LogP contribution in [0.25, 0.3) is 11.0 Å². The third-order valence-electron chi connectivity index (χ3n) is 3.34. The van der Waals surface area contributed by atoms with Crippen molar-refractivity contribution in [2.45, 2.75) is 25.9 Å². The molecular formula is C12H16ClN5O. The van der Waals surface area contributed by atoms with Crippen LogP contribution in [0.3, 0.4) is 0 Å². The van der Waals surface area contributed by atoms with Crippen LogP contribution in [-0.4, -0.2) is 46.0 Å². The molecular weight excluding hydrogens is 266 g/mol. The molecule has 3 rings (SSSR count). The lowest BCUT2D eigenvalue weighted by Gasteiger charge is -2.33. The molecule has 1 atom stereocenters. The Balaban J connectivity index is 1.92. The van der Waals surface area contributed by atoms with Crippen molar-refractivity contribution < 1.29 is 4.74 Å². The molecule has 3 heterocycles. The number of rotatable bonds is 3. The third-order valence-corrected chi connectivity index (χ3v) is 3.51. The molecule has 1 fully saturated rings. The molecule has 1 aliphatic heterocycles. The second-order valence-corrected chi connectivity index (χ2v) is 4.95. The summed E-state index contributed by atoms with van der Waals surface area (Å²) in [7, 11) is 0. The molecule has 0 aromatic carbocycles. The van der Waals surface area contributed by atoms with Gasteiger partial charge in [0.25, 0.3) is 0 Å². The lowest BCUT2D eigenvalue weighted by atomic mass is 10.1. The van der Waals surface area contributed by atoms with Crippen molar-refractivity contribution in [2.24, 2.45) is 0 Å². The number of ether oxygens (including phenoxy) is 1. The van der Waals surface area contributed by atoms with E-state index in [0.29, 0.717) is 5.65 Å². The normalized spacial score (nSPS) is 20.1. The van der Waals surface area contributed by atoms with E-state index in [0.717, 1.165) is 43.7 Å². The maximum absolute atomic E-state index is 5.97. The number of nitrogens with one attached hydrogen (secondary N) is 1. The quantitative estimate of drug-likeness (QED) is 0.872. The van der Waals surface area contributed by atoms with Crippen molar-refractivity contribution in [2.75, 3.05) is 24.6 Å². The van der Waals surface area contributed by atoms with Gasteiger partial charge in [-0.15, -0.1) is 0 Å². The molecule has 0 saturated carbocycles. The van der Waals surface area contributed by atoms with E-state index in [2.05, 4.69) is 25.1 Å². The molecule has 1 saturated heterocycles. The van der Waals surface area contributed by atoms with Gasteiger partial charge in [-0.05, 0) is 31.4 Å². The number of aromatic nitrogens is 4. The largest absolute Gasteiger partial charge is 0.377 e. The SMILES string of the molecule is CCOC1CCCN(c2nc(Cl)nc3[nH]ncc23)C1. The molecule has 0 aliphatic carbocycles. The minimum absolute atomic E-state index is 0.241. The molecule has 102 valence electrons. The van der Waals surface area contributed by atoms with Gasteiger partial charge in [0.2, 0.25) is 5.28 Å². The fourth-order valence-electron chi connectivity index (χ4n) is 2.54. The van der Waals surface area contributed by atoms with Gasteiger partial charge in [-0.25, -0.2) is 0 Å². The summed E-state index contributed by atoms with van der Waals surface area (Å²) in [4.78, 5) is 10.7. The molecule has 2 aromatic heterocycles. The maximum Gasteiger partial charge on any atom is 0.226 e. The topological polar surface area (TPSA) is 66.9 Å². The van der Waals surface area contributed by atoms with E-state index in [1.807, 2.05) is 6.92 Å². The summed E-state index contributed by atoms with van der Waals surface area (Å²) in [5.41, 5.74) is 0.675. The zero-order valence-corrected chi connectivity index (χ0v) is 11.5. The van der Waals surface area contributed by atoms with Gasteiger partial charge in [-0.2, -0.15) is 15.1 Å². The second-order valence-electron chi connectivity index (χ2n) is 4.61. The highest BCUT2D eigenvalue weighted by Crippen LogP contribution is 2.27. The number of hydrogen-bond acceptors (Lipinski definition) is 5. The van der Waals surface area contributed by atoms with Gasteiger partial charge in [0, 0.05) is 19.7 Å². The Morgan fingerprint density at radius 2 is 2.42 bits per heavy atom. The van der Waals surface area contributed by atoms with Crippen molar-refractivity contribution in [1.82, 2.24) is 20.2 Å². The van der Waals surface area contributed by atoms with E-state index in [-0.39, 0.29) is 11.4 Å². The number of piperidine rings is 1. The first-order valence-electron chi connectivity index (χ1n) is 6.51. The highest BCUT2D eigenvalue weighted by Gasteiger charge is 2.23. The van der Waals surface area contributed by atoms with Crippen LogP contribution in [0, 0.1) is 0 Å². The van der Waals surface area contributed by atoms with E-state index >= 15 is 0 Å². The Labute approximate surface area is 116 Å². The maximum atomic E-state index is 5.97. The Morgan fingerprint density at radius 3 is 3.26 bits per heavy atom. The van der Waals surface area contributed by atoms with Gasteiger partial charge in [0.15, 0.2) is 5.65 Å². The molecule has 1 unspecified atom stereocenters. The van der Waals surface area contributed by atoms with Crippen molar-refractivity contribution in [1.29, 1.82) is 0 Å². The monoisotopic (exact) mass is 281 g/mol. The first kappa shape index (κ1) is 12.6. The van der Waals surface area contributed by atoms with Gasteiger partial charge in [-0.1, -0.05) is 0 Å². The van der Waals surface area contributed by atoms with E-state index < -0.39 is 0 Å². The molecule has 7 heteroatoms. The minimum Gasteiger partial charge on any atom is -0.377 e. The standard InChI is InChI=1S/C12H16ClN5O/c1-2-19-8-4-3-5-18(7-8)11-9-6-14-17-10(9)15-12(13)16-11/h6,8H,2-5,7H2,1H3,(H,14,15,16,17). The lowest BCUT2D eigenvalue weighted by molar-refractivity contribution is 0.0526. The van der Waals surface area contributed by atoms with Gasteiger partial charge in [0.1, 0.15) is 5.82 Å². The van der Waals surface area contributed by atoms with E-state index in [9.17, 15) is 0 Å². The number of H-pyrrole nitrogens is 1. The number of aromatic amines is 1. The summed E-state index contributed by atoms with van der Waals surface area (Å²) in [5.74, 6) is 0.841. The van der Waals surface area contributed by atoms with E-state index in [1.165, 1.54) is 0 Å². The third kappa shape index (κ3) is 2.50. The van der Waals surface area contributed by atoms with Gasteiger partial charge >= 0.3 is 0 Å². The van der Waals surface area contributed by atoms with Gasteiger partial charge in [0.05, 0.1) is 17.7 Å². The molecule has 6 nitrogen and oxygen atoms in total. The summed E-state index contributed by atoms with van der Waals surface area (Å²) in [6.07, 6.45) is 4.18. The first-order chi connectivity index (χ1) is 9.28. The van der Waals surface area contributed by atoms with Crippen LogP contribution in [0.5, 0.6) is 0 Å². The summed E-state index contributed by atoms with van der Waals surface area (Å²) in [6.45, 7) is 4.55. The van der Waals surface area contributed by atoms with Crippen LogP contribution < -0.4 is 4.90 Å². The van der Waals surface area contributed by atoms with Gasteiger partial charge < -0.3 is 9.64 Å². The molecule has 1 aliphatic rings. The number of anilines is 1. The average Bonchev–Trinajstić information content (AvgIpc) is 2.86. The first-order valence-corrected chi connectivity index (χ1v) is 6.89. The smallest absolute Gasteiger partial charge is 0.226 e. The predicted octanol–water partition coefficient (Wildman–Crippen LogP) is 2.01. The Hall–Kier alpha value is -1.40. The van der Waals surface area contributed by atoms with Crippen molar-refractivity contribution in [3.05, 3.63) is 11.5 Å². The van der Waals surface area contributed by atoms with Crippen molar-refractivity contribution in [3.8, 4) is 0 Å². The van der Waals surface area contributed by atoms with Crippen LogP contribution in [0.4, 0.5) is 5.82 Å². The van der Waals surface area contributed by atoms with Crippen LogP contribution in [0.2, 0.25) is 5.28 Å². The molecule has 0 amide bonds. The lowest BCUT2D eigenvalue weighted by Crippen LogP contribution is -2.40. The molecule has 1 N–H and O–H groups in total. The average molecular weight is 282 g/mol. The highest BCUT2D eigenvalue weighted by molar-refractivity contribution is 6.28. The van der Waals surface area contributed by atoms with Gasteiger partial charge in [-0.3, -0.25) is 5.10 Å².